The fourth-order valence-electron chi connectivity index (χ4n) is 3.09. The molecule has 0 aliphatic carbocycles. The van der Waals surface area contributed by atoms with Gasteiger partial charge >= 0.3 is 0 Å². The van der Waals surface area contributed by atoms with E-state index in [9.17, 15) is 4.79 Å². The van der Waals surface area contributed by atoms with Crippen LogP contribution in [0.15, 0.2) is 24.3 Å². The standard InChI is InChI=1S/C19H32N4O2/c1-21(2)12-6-10-20-11-9-19(24)23-15-13-22(14-16-23)17-7-4-5-8-18(17)25-3/h4-5,7-8,20H,6,9-16H2,1-3H3. The monoisotopic (exact) mass is 348 g/mol. The van der Waals surface area contributed by atoms with Crippen LogP contribution < -0.4 is 15.0 Å². The Kier molecular flexibility index (Phi) is 8.01. The first-order valence-corrected chi connectivity index (χ1v) is 9.13. The minimum Gasteiger partial charge on any atom is -0.495 e. The molecule has 1 aromatic carbocycles. The summed E-state index contributed by atoms with van der Waals surface area (Å²) in [6, 6.07) is 8.06. The predicted octanol–water partition coefficient (Wildman–Crippen LogP) is 1.28. The van der Waals surface area contributed by atoms with E-state index in [2.05, 4.69) is 35.3 Å². The molecule has 1 aliphatic heterocycles. The van der Waals surface area contributed by atoms with E-state index in [1.54, 1.807) is 7.11 Å². The molecule has 140 valence electrons. The van der Waals surface area contributed by atoms with Crippen LogP contribution in [-0.2, 0) is 4.79 Å². The minimum atomic E-state index is 0.250. The van der Waals surface area contributed by atoms with E-state index in [1.165, 1.54) is 0 Å². The number of ether oxygens (including phenoxy) is 1. The van der Waals surface area contributed by atoms with Gasteiger partial charge in [0, 0.05) is 39.1 Å². The number of carbonyl (C=O) groups is 1. The zero-order chi connectivity index (χ0) is 18.1. The number of methoxy groups -OCH3 is 1. The molecule has 0 unspecified atom stereocenters. The summed E-state index contributed by atoms with van der Waals surface area (Å²) in [7, 11) is 5.85. The molecule has 1 saturated heterocycles. The number of hydrogen-bond acceptors (Lipinski definition) is 5. The van der Waals surface area contributed by atoms with Gasteiger partial charge in [-0.1, -0.05) is 12.1 Å². The minimum absolute atomic E-state index is 0.250. The van der Waals surface area contributed by atoms with E-state index in [0.29, 0.717) is 6.42 Å². The lowest BCUT2D eigenvalue weighted by atomic mass is 10.2. The molecule has 1 fully saturated rings. The van der Waals surface area contributed by atoms with Crippen LogP contribution >= 0.6 is 0 Å². The maximum atomic E-state index is 12.3. The molecular formula is C19H32N4O2. The molecule has 0 spiro atoms. The number of amides is 1. The number of anilines is 1. The first-order valence-electron chi connectivity index (χ1n) is 9.13. The van der Waals surface area contributed by atoms with Gasteiger partial charge in [0.15, 0.2) is 0 Å². The maximum Gasteiger partial charge on any atom is 0.223 e. The summed E-state index contributed by atoms with van der Waals surface area (Å²) < 4.78 is 5.44. The average Bonchev–Trinajstić information content (AvgIpc) is 2.64. The van der Waals surface area contributed by atoms with E-state index < -0.39 is 0 Å². The van der Waals surface area contributed by atoms with Crippen molar-refractivity contribution in [3.8, 4) is 5.75 Å². The summed E-state index contributed by atoms with van der Waals surface area (Å²) in [4.78, 5) is 18.8. The molecule has 1 amide bonds. The van der Waals surface area contributed by atoms with E-state index in [1.807, 2.05) is 23.1 Å². The van der Waals surface area contributed by atoms with Crippen LogP contribution in [0.25, 0.3) is 0 Å². The third-order valence-corrected chi connectivity index (χ3v) is 4.53. The van der Waals surface area contributed by atoms with Gasteiger partial charge in [-0.3, -0.25) is 4.79 Å². The largest absolute Gasteiger partial charge is 0.495 e. The van der Waals surface area contributed by atoms with Crippen LogP contribution in [0.5, 0.6) is 5.75 Å². The Balaban J connectivity index is 1.68. The van der Waals surface area contributed by atoms with Gasteiger partial charge in [0.05, 0.1) is 12.8 Å². The molecule has 0 atom stereocenters. The second-order valence-corrected chi connectivity index (χ2v) is 6.70. The summed E-state index contributed by atoms with van der Waals surface area (Å²) in [5, 5.41) is 3.36. The molecule has 0 aromatic heterocycles. The van der Waals surface area contributed by atoms with Gasteiger partial charge in [-0.05, 0) is 45.7 Å². The first kappa shape index (κ1) is 19.5. The van der Waals surface area contributed by atoms with Gasteiger partial charge < -0.3 is 24.8 Å². The van der Waals surface area contributed by atoms with Crippen LogP contribution in [0.1, 0.15) is 12.8 Å². The van der Waals surface area contributed by atoms with Crippen molar-refractivity contribution in [2.24, 2.45) is 0 Å². The van der Waals surface area contributed by atoms with Crippen molar-refractivity contribution >= 4 is 11.6 Å². The van der Waals surface area contributed by atoms with Crippen LogP contribution in [-0.4, -0.2) is 82.7 Å². The molecule has 1 heterocycles. The summed E-state index contributed by atoms with van der Waals surface area (Å²) in [6.45, 7) is 6.05. The van der Waals surface area contributed by atoms with Crippen molar-refractivity contribution in [3.05, 3.63) is 24.3 Å². The molecule has 25 heavy (non-hydrogen) atoms. The highest BCUT2D eigenvalue weighted by Crippen LogP contribution is 2.28. The van der Waals surface area contributed by atoms with Crippen LogP contribution in [0, 0.1) is 0 Å². The highest BCUT2D eigenvalue weighted by molar-refractivity contribution is 5.76. The highest BCUT2D eigenvalue weighted by atomic mass is 16.5. The van der Waals surface area contributed by atoms with Gasteiger partial charge in [-0.2, -0.15) is 0 Å². The molecular weight excluding hydrogens is 316 g/mol. The topological polar surface area (TPSA) is 48.1 Å². The van der Waals surface area contributed by atoms with Crippen molar-refractivity contribution < 1.29 is 9.53 Å². The molecule has 0 bridgehead atoms. The van der Waals surface area contributed by atoms with Crippen molar-refractivity contribution in [2.75, 3.05) is 71.9 Å². The zero-order valence-corrected chi connectivity index (χ0v) is 15.8. The Bertz CT molecular complexity index is 528. The fraction of sp³-hybridized carbons (Fsp3) is 0.632. The van der Waals surface area contributed by atoms with Crippen LogP contribution in [0.2, 0.25) is 0 Å². The van der Waals surface area contributed by atoms with Crippen molar-refractivity contribution in [1.82, 2.24) is 15.1 Å². The molecule has 6 heteroatoms. The lowest BCUT2D eigenvalue weighted by Gasteiger charge is -2.36. The van der Waals surface area contributed by atoms with Crippen LogP contribution in [0.4, 0.5) is 5.69 Å². The number of piperazine rings is 1. The second-order valence-electron chi connectivity index (χ2n) is 6.70. The molecule has 1 N–H and O–H groups in total. The predicted molar refractivity (Wildman–Crippen MR) is 102 cm³/mol. The summed E-state index contributed by atoms with van der Waals surface area (Å²) in [5.74, 6) is 1.14. The second kappa shape index (κ2) is 10.3. The number of nitrogens with zero attached hydrogens (tertiary/aromatic N) is 3. The Labute approximate surface area is 151 Å². The van der Waals surface area contributed by atoms with Gasteiger partial charge in [0.1, 0.15) is 5.75 Å². The molecule has 0 radical (unpaired) electrons. The maximum absolute atomic E-state index is 12.3. The number of carbonyl (C=O) groups excluding carboxylic acids is 1. The number of benzene rings is 1. The summed E-state index contributed by atoms with van der Waals surface area (Å²) in [6.07, 6.45) is 1.69. The molecule has 2 rings (SSSR count). The number of nitrogens with one attached hydrogen (secondary N) is 1. The lowest BCUT2D eigenvalue weighted by Crippen LogP contribution is -2.49. The quantitative estimate of drug-likeness (QED) is 0.681. The normalized spacial score (nSPS) is 14.9. The van der Waals surface area contributed by atoms with E-state index in [0.717, 1.165) is 63.7 Å². The van der Waals surface area contributed by atoms with Gasteiger partial charge in [-0.15, -0.1) is 0 Å². The van der Waals surface area contributed by atoms with Gasteiger partial charge in [0.2, 0.25) is 5.91 Å². The van der Waals surface area contributed by atoms with Crippen LogP contribution in [0.3, 0.4) is 0 Å². The number of hydrogen-bond donors (Lipinski definition) is 1. The van der Waals surface area contributed by atoms with Crippen molar-refractivity contribution in [3.63, 3.8) is 0 Å². The van der Waals surface area contributed by atoms with E-state index in [-0.39, 0.29) is 5.91 Å². The number of rotatable bonds is 9. The Hall–Kier alpha value is -1.79. The van der Waals surface area contributed by atoms with Gasteiger partial charge in [-0.25, -0.2) is 0 Å². The molecule has 1 aliphatic rings. The first-order chi connectivity index (χ1) is 12.1. The van der Waals surface area contributed by atoms with Crippen molar-refractivity contribution in [1.29, 1.82) is 0 Å². The summed E-state index contributed by atoms with van der Waals surface area (Å²) >= 11 is 0. The van der Waals surface area contributed by atoms with E-state index in [4.69, 9.17) is 4.74 Å². The molecule has 6 nitrogen and oxygen atoms in total. The third kappa shape index (κ3) is 6.21. The molecule has 1 aromatic rings. The third-order valence-electron chi connectivity index (χ3n) is 4.53. The highest BCUT2D eigenvalue weighted by Gasteiger charge is 2.22. The SMILES string of the molecule is COc1ccccc1N1CCN(C(=O)CCNCCCN(C)C)CC1. The summed E-state index contributed by atoms with van der Waals surface area (Å²) in [5.41, 5.74) is 1.11. The Morgan fingerprint density at radius 3 is 2.56 bits per heavy atom. The van der Waals surface area contributed by atoms with E-state index >= 15 is 0 Å². The average molecular weight is 348 g/mol. The van der Waals surface area contributed by atoms with Gasteiger partial charge in [0.25, 0.3) is 0 Å². The smallest absolute Gasteiger partial charge is 0.223 e. The Morgan fingerprint density at radius 1 is 1.16 bits per heavy atom. The van der Waals surface area contributed by atoms with Crippen molar-refractivity contribution in [2.45, 2.75) is 12.8 Å². The molecule has 0 saturated carbocycles. The zero-order valence-electron chi connectivity index (χ0n) is 15.8. The Morgan fingerprint density at radius 2 is 1.88 bits per heavy atom. The fourth-order valence-corrected chi connectivity index (χ4v) is 3.09. The lowest BCUT2D eigenvalue weighted by molar-refractivity contribution is -0.131. The number of para-hydroxylation sites is 2.